The predicted molar refractivity (Wildman–Crippen MR) is 108 cm³/mol. The molecule has 0 bridgehead atoms. The molecule has 0 saturated carbocycles. The Labute approximate surface area is 165 Å². The van der Waals surface area contributed by atoms with Crippen LogP contribution in [-0.4, -0.2) is 29.8 Å². The molecule has 2 aromatic heterocycles. The highest BCUT2D eigenvalue weighted by Gasteiger charge is 2.25. The summed E-state index contributed by atoms with van der Waals surface area (Å²) in [6, 6.07) is 9.72. The summed E-state index contributed by atoms with van der Waals surface area (Å²) in [4.78, 5) is 27.5. The Morgan fingerprint density at radius 1 is 1.29 bits per heavy atom. The summed E-state index contributed by atoms with van der Waals surface area (Å²) in [5.41, 5.74) is 2.58. The number of nitrogens with zero attached hydrogens (tertiary/aromatic N) is 1. The third-order valence-electron chi connectivity index (χ3n) is 4.22. The molecule has 2 N–H and O–H groups in total. The highest BCUT2D eigenvalue weighted by atomic mass is 32.2. The number of imide groups is 1. The van der Waals surface area contributed by atoms with Crippen LogP contribution in [-0.2, 0) is 11.2 Å². The zero-order valence-electron chi connectivity index (χ0n) is 15.0. The van der Waals surface area contributed by atoms with Gasteiger partial charge in [-0.15, -0.1) is 0 Å². The molecule has 2 amide bonds. The van der Waals surface area contributed by atoms with Crippen molar-refractivity contribution in [1.29, 1.82) is 0 Å². The van der Waals surface area contributed by atoms with Crippen molar-refractivity contribution in [2.24, 2.45) is 0 Å². The molecule has 8 heteroatoms. The number of furan rings is 1. The van der Waals surface area contributed by atoms with Gasteiger partial charge in [-0.05, 0) is 41.9 Å². The van der Waals surface area contributed by atoms with Crippen molar-refractivity contribution in [2.45, 2.75) is 6.42 Å². The number of anilines is 1. The fraction of sp³-hybridized carbons (Fsp3) is 0.150. The van der Waals surface area contributed by atoms with Gasteiger partial charge in [0, 0.05) is 24.2 Å². The summed E-state index contributed by atoms with van der Waals surface area (Å²) in [5.74, 6) is 0.911. The van der Waals surface area contributed by atoms with Crippen LogP contribution in [0.15, 0.2) is 52.0 Å². The molecule has 1 saturated heterocycles. The molecule has 0 atom stereocenters. The number of carbonyl (C=O) groups is 2. The van der Waals surface area contributed by atoms with Crippen molar-refractivity contribution >= 4 is 45.6 Å². The normalized spacial score (nSPS) is 15.2. The first-order chi connectivity index (χ1) is 13.6. The number of ether oxygens (including phenoxy) is 1. The van der Waals surface area contributed by atoms with Crippen LogP contribution in [0.25, 0.3) is 17.0 Å². The van der Waals surface area contributed by atoms with Gasteiger partial charge in [0.25, 0.3) is 11.1 Å². The largest absolute Gasteiger partial charge is 0.497 e. The monoisotopic (exact) mass is 395 g/mol. The number of thioether (sulfide) groups is 1. The first-order valence-electron chi connectivity index (χ1n) is 8.61. The molecule has 0 aliphatic carbocycles. The number of rotatable bonds is 6. The molecule has 3 heterocycles. The fourth-order valence-corrected chi connectivity index (χ4v) is 3.56. The fourth-order valence-electron chi connectivity index (χ4n) is 2.90. The van der Waals surface area contributed by atoms with E-state index in [2.05, 4.69) is 15.6 Å². The van der Waals surface area contributed by atoms with E-state index >= 15 is 0 Å². The average molecular weight is 395 g/mol. The Balaban J connectivity index is 1.50. The summed E-state index contributed by atoms with van der Waals surface area (Å²) < 4.78 is 11.1. The topological polar surface area (TPSA) is 93.5 Å². The number of hydrogen-bond donors (Lipinski definition) is 2. The Kier molecular flexibility index (Phi) is 5.03. The third-order valence-corrected chi connectivity index (χ3v) is 5.03. The molecule has 3 aromatic rings. The first-order valence-corrected chi connectivity index (χ1v) is 9.43. The Hall–Kier alpha value is -3.26. The molecule has 1 aromatic carbocycles. The zero-order chi connectivity index (χ0) is 19.5. The number of hydrogen-bond acceptors (Lipinski definition) is 7. The summed E-state index contributed by atoms with van der Waals surface area (Å²) >= 11 is 0.857. The molecule has 142 valence electrons. The lowest BCUT2D eigenvalue weighted by Crippen LogP contribution is -2.17. The van der Waals surface area contributed by atoms with Gasteiger partial charge in [0.05, 0.1) is 23.9 Å². The molecule has 1 aliphatic rings. The second-order valence-corrected chi connectivity index (χ2v) is 7.15. The number of nitrogens with one attached hydrogen (secondary N) is 2. The van der Waals surface area contributed by atoms with Gasteiger partial charge < -0.3 is 14.5 Å². The maximum atomic E-state index is 11.7. The Bertz CT molecular complexity index is 1090. The summed E-state index contributed by atoms with van der Waals surface area (Å²) in [6.07, 6.45) is 5.77. The van der Waals surface area contributed by atoms with Crippen LogP contribution in [0.2, 0.25) is 0 Å². The molecule has 1 fully saturated rings. The lowest BCUT2D eigenvalue weighted by atomic mass is 10.1. The zero-order valence-corrected chi connectivity index (χ0v) is 15.8. The van der Waals surface area contributed by atoms with Crippen LogP contribution in [0.3, 0.4) is 0 Å². The number of benzene rings is 1. The number of methoxy groups -OCH3 is 1. The lowest BCUT2D eigenvalue weighted by molar-refractivity contribution is -0.115. The van der Waals surface area contributed by atoms with Gasteiger partial charge in [0.2, 0.25) is 0 Å². The minimum absolute atomic E-state index is 0.310. The van der Waals surface area contributed by atoms with Gasteiger partial charge in [-0.25, -0.2) is 0 Å². The van der Waals surface area contributed by atoms with E-state index in [1.165, 1.54) is 0 Å². The van der Waals surface area contributed by atoms with Gasteiger partial charge in [-0.3, -0.25) is 19.9 Å². The van der Waals surface area contributed by atoms with Gasteiger partial charge >= 0.3 is 0 Å². The maximum absolute atomic E-state index is 11.7. The van der Waals surface area contributed by atoms with Crippen molar-refractivity contribution < 1.29 is 18.7 Å². The minimum atomic E-state index is -0.412. The molecule has 0 radical (unpaired) electrons. The van der Waals surface area contributed by atoms with Crippen LogP contribution in [0.1, 0.15) is 11.3 Å². The summed E-state index contributed by atoms with van der Waals surface area (Å²) in [7, 11) is 1.65. The molecule has 1 aliphatic heterocycles. The maximum Gasteiger partial charge on any atom is 0.290 e. The van der Waals surface area contributed by atoms with Crippen molar-refractivity contribution in [1.82, 2.24) is 10.3 Å². The van der Waals surface area contributed by atoms with Crippen LogP contribution in [0.4, 0.5) is 10.5 Å². The third kappa shape index (κ3) is 3.86. The number of amides is 2. The van der Waals surface area contributed by atoms with Gasteiger partial charge in [-0.1, -0.05) is 12.1 Å². The van der Waals surface area contributed by atoms with Crippen molar-refractivity contribution in [2.75, 3.05) is 19.0 Å². The summed E-state index contributed by atoms with van der Waals surface area (Å²) in [5, 5.41) is 6.00. The van der Waals surface area contributed by atoms with Crippen LogP contribution < -0.4 is 15.4 Å². The van der Waals surface area contributed by atoms with E-state index in [0.29, 0.717) is 22.8 Å². The van der Waals surface area contributed by atoms with E-state index in [0.717, 1.165) is 40.6 Å². The second-order valence-electron chi connectivity index (χ2n) is 6.13. The predicted octanol–water partition coefficient (Wildman–Crippen LogP) is 3.81. The van der Waals surface area contributed by atoms with Crippen molar-refractivity contribution in [3.05, 3.63) is 59.0 Å². The Morgan fingerprint density at radius 3 is 2.96 bits per heavy atom. The van der Waals surface area contributed by atoms with E-state index in [-0.39, 0.29) is 5.24 Å². The molecule has 0 spiro atoms. The van der Waals surface area contributed by atoms with Crippen LogP contribution in [0.5, 0.6) is 5.75 Å². The van der Waals surface area contributed by atoms with Gasteiger partial charge in [-0.2, -0.15) is 0 Å². The van der Waals surface area contributed by atoms with E-state index in [1.54, 1.807) is 31.6 Å². The minimum Gasteiger partial charge on any atom is -0.497 e. The standard InChI is InChI=1S/C20H17N3O4S/c1-26-14-4-2-3-12(7-14)5-6-22-16-11-21-10-13-8-15(27-18(13)16)9-17-19(24)23-20(25)28-17/h2-4,7-11,22H,5-6H2,1H3,(H,23,24,25)/b17-9+. The second kappa shape index (κ2) is 7.77. The first kappa shape index (κ1) is 18.1. The quantitative estimate of drug-likeness (QED) is 0.613. The average Bonchev–Trinajstić information content (AvgIpc) is 3.24. The number of pyridine rings is 1. The molecule has 28 heavy (non-hydrogen) atoms. The van der Waals surface area contributed by atoms with Crippen LogP contribution >= 0.6 is 11.8 Å². The van der Waals surface area contributed by atoms with Crippen molar-refractivity contribution in [3.63, 3.8) is 0 Å². The van der Waals surface area contributed by atoms with E-state index in [1.807, 2.05) is 24.3 Å². The van der Waals surface area contributed by atoms with E-state index in [4.69, 9.17) is 9.15 Å². The van der Waals surface area contributed by atoms with Gasteiger partial charge in [0.1, 0.15) is 11.5 Å². The smallest absolute Gasteiger partial charge is 0.290 e. The molecule has 0 unspecified atom stereocenters. The lowest BCUT2D eigenvalue weighted by Gasteiger charge is -2.07. The van der Waals surface area contributed by atoms with E-state index < -0.39 is 5.91 Å². The van der Waals surface area contributed by atoms with Crippen molar-refractivity contribution in [3.8, 4) is 5.75 Å². The SMILES string of the molecule is COc1cccc(CCNc2cncc3cc(/C=C4/SC(=O)NC4=O)oc23)c1. The number of carbonyl (C=O) groups excluding carboxylic acids is 2. The Morgan fingerprint density at radius 2 is 2.18 bits per heavy atom. The van der Waals surface area contributed by atoms with Gasteiger partial charge in [0.15, 0.2) is 5.58 Å². The van der Waals surface area contributed by atoms with Crippen LogP contribution in [0, 0.1) is 0 Å². The van der Waals surface area contributed by atoms with E-state index in [9.17, 15) is 9.59 Å². The molecular formula is C20H17N3O4S. The highest BCUT2D eigenvalue weighted by molar-refractivity contribution is 8.18. The highest BCUT2D eigenvalue weighted by Crippen LogP contribution is 2.30. The molecule has 4 rings (SSSR count). The number of aromatic nitrogens is 1. The molecule has 7 nitrogen and oxygen atoms in total. The summed E-state index contributed by atoms with van der Waals surface area (Å²) in [6.45, 7) is 0.692. The molecular weight excluding hydrogens is 378 g/mol. The number of fused-ring (bicyclic) bond motifs is 1.